The van der Waals surface area contributed by atoms with E-state index in [1.165, 1.54) is 11.1 Å². The van der Waals surface area contributed by atoms with E-state index in [0.717, 1.165) is 13.0 Å². The molecule has 0 amide bonds. The number of phenols is 1. The Morgan fingerprint density at radius 2 is 2.00 bits per heavy atom. The Balaban J connectivity index is 2.24. The van der Waals surface area contributed by atoms with Crippen molar-refractivity contribution in [1.29, 1.82) is 0 Å². The molecular weight excluding hydrogens is 242 g/mol. The van der Waals surface area contributed by atoms with Gasteiger partial charge in [-0.15, -0.1) is 11.8 Å². The van der Waals surface area contributed by atoms with Crippen molar-refractivity contribution >= 4 is 11.8 Å². The maximum atomic E-state index is 9.80. The summed E-state index contributed by atoms with van der Waals surface area (Å²) < 4.78 is 0.154. The van der Waals surface area contributed by atoms with E-state index < -0.39 is 0 Å². The van der Waals surface area contributed by atoms with Crippen LogP contribution in [0.2, 0.25) is 0 Å². The lowest BCUT2D eigenvalue weighted by Crippen LogP contribution is -2.54. The van der Waals surface area contributed by atoms with E-state index in [4.69, 9.17) is 0 Å². The summed E-state index contributed by atoms with van der Waals surface area (Å²) in [6.45, 7) is 8.10. The van der Waals surface area contributed by atoms with Crippen molar-refractivity contribution < 1.29 is 5.11 Å². The van der Waals surface area contributed by atoms with Gasteiger partial charge in [0, 0.05) is 16.7 Å². The van der Waals surface area contributed by atoms with Gasteiger partial charge in [-0.1, -0.05) is 19.9 Å². The highest BCUT2D eigenvalue weighted by Gasteiger charge is 2.50. The van der Waals surface area contributed by atoms with Crippen LogP contribution in [0.15, 0.2) is 18.2 Å². The highest BCUT2D eigenvalue weighted by molar-refractivity contribution is 8.01. The number of aromatic hydroxyl groups is 1. The fraction of sp³-hybridized carbons (Fsp3) is 0.600. The average molecular weight is 263 g/mol. The van der Waals surface area contributed by atoms with Crippen molar-refractivity contribution in [2.75, 3.05) is 13.6 Å². The van der Waals surface area contributed by atoms with Gasteiger partial charge in [-0.05, 0) is 43.7 Å². The number of hydrogen-bond donors (Lipinski definition) is 1. The highest BCUT2D eigenvalue weighted by atomic mass is 32.2. The minimum atomic E-state index is 0.127. The molecule has 2 atom stereocenters. The average Bonchev–Trinajstić information content (AvgIpc) is 2.31. The van der Waals surface area contributed by atoms with Crippen LogP contribution < -0.4 is 0 Å². The molecule has 2 heterocycles. The Hall–Kier alpha value is -0.670. The summed E-state index contributed by atoms with van der Waals surface area (Å²) in [5, 5.41) is 10.3. The second-order valence-corrected chi connectivity index (χ2v) is 7.97. The molecule has 1 aromatic carbocycles. The van der Waals surface area contributed by atoms with E-state index in [1.54, 1.807) is 0 Å². The van der Waals surface area contributed by atoms with E-state index in [0.29, 0.717) is 11.1 Å². The predicted octanol–water partition coefficient (Wildman–Crippen LogP) is 3.29. The van der Waals surface area contributed by atoms with E-state index in [1.807, 2.05) is 12.1 Å². The van der Waals surface area contributed by atoms with Crippen LogP contribution in [0.25, 0.3) is 0 Å². The van der Waals surface area contributed by atoms with Crippen LogP contribution in [0.4, 0.5) is 0 Å². The zero-order chi connectivity index (χ0) is 13.1. The minimum Gasteiger partial charge on any atom is -0.508 e. The monoisotopic (exact) mass is 263 g/mol. The molecular formula is C15H21NOS. The van der Waals surface area contributed by atoms with Crippen LogP contribution in [0.5, 0.6) is 5.75 Å². The Bertz CT molecular complexity index is 499. The molecule has 0 spiro atoms. The second kappa shape index (κ2) is 3.67. The Kier molecular flexibility index (Phi) is 2.52. The first-order valence-electron chi connectivity index (χ1n) is 6.57. The van der Waals surface area contributed by atoms with Crippen LogP contribution in [-0.2, 0) is 10.2 Å². The normalized spacial score (nSPS) is 34.1. The number of rotatable bonds is 0. The van der Waals surface area contributed by atoms with Crippen LogP contribution >= 0.6 is 11.8 Å². The van der Waals surface area contributed by atoms with Crippen molar-refractivity contribution in [3.63, 3.8) is 0 Å². The summed E-state index contributed by atoms with van der Waals surface area (Å²) in [6.07, 6.45) is 1.15. The quantitative estimate of drug-likeness (QED) is 0.777. The van der Waals surface area contributed by atoms with Gasteiger partial charge < -0.3 is 5.11 Å². The van der Waals surface area contributed by atoms with E-state index in [-0.39, 0.29) is 10.2 Å². The molecule has 1 saturated heterocycles. The molecule has 0 saturated carbocycles. The molecule has 0 aromatic heterocycles. The molecule has 1 aromatic rings. The number of likely N-dealkylation sites (N-methyl/N-ethyl adjacent to an activating group) is 1. The number of benzene rings is 1. The summed E-state index contributed by atoms with van der Waals surface area (Å²) in [6, 6.07) is 5.93. The molecule has 0 aliphatic carbocycles. The molecule has 3 rings (SSSR count). The van der Waals surface area contributed by atoms with E-state index >= 15 is 0 Å². The molecule has 98 valence electrons. The van der Waals surface area contributed by atoms with Gasteiger partial charge in [0.25, 0.3) is 0 Å². The van der Waals surface area contributed by atoms with Crippen molar-refractivity contribution in [2.45, 2.75) is 42.7 Å². The molecule has 3 heteroatoms. The fourth-order valence-electron chi connectivity index (χ4n) is 3.46. The highest BCUT2D eigenvalue weighted by Crippen LogP contribution is 2.58. The molecule has 2 unspecified atom stereocenters. The Labute approximate surface area is 113 Å². The Morgan fingerprint density at radius 1 is 1.28 bits per heavy atom. The number of phenolic OH excluding ortho intramolecular Hbond substituents is 1. The summed E-state index contributed by atoms with van der Waals surface area (Å²) in [7, 11) is 2.23. The summed E-state index contributed by atoms with van der Waals surface area (Å²) in [5.41, 5.74) is 2.86. The topological polar surface area (TPSA) is 23.5 Å². The van der Waals surface area contributed by atoms with Crippen LogP contribution in [-0.4, -0.2) is 29.0 Å². The third-order valence-electron chi connectivity index (χ3n) is 4.60. The molecule has 2 nitrogen and oxygen atoms in total. The molecule has 1 fully saturated rings. The molecule has 2 aliphatic rings. The Morgan fingerprint density at radius 3 is 2.72 bits per heavy atom. The van der Waals surface area contributed by atoms with Gasteiger partial charge in [0.1, 0.15) is 5.75 Å². The molecule has 18 heavy (non-hydrogen) atoms. The van der Waals surface area contributed by atoms with Gasteiger partial charge in [0.15, 0.2) is 0 Å². The minimum absolute atomic E-state index is 0.127. The number of nitrogens with zero attached hydrogens (tertiary/aromatic N) is 1. The third kappa shape index (κ3) is 1.53. The zero-order valence-corrected chi connectivity index (χ0v) is 12.3. The largest absolute Gasteiger partial charge is 0.508 e. The smallest absolute Gasteiger partial charge is 0.115 e. The molecule has 2 bridgehead atoms. The van der Waals surface area contributed by atoms with Gasteiger partial charge in [0.2, 0.25) is 0 Å². The van der Waals surface area contributed by atoms with Crippen molar-refractivity contribution in [3.05, 3.63) is 29.3 Å². The summed E-state index contributed by atoms with van der Waals surface area (Å²) in [5.74, 6) is 0.392. The van der Waals surface area contributed by atoms with E-state index in [2.05, 4.69) is 50.5 Å². The predicted molar refractivity (Wildman–Crippen MR) is 77.1 cm³/mol. The molecule has 0 radical (unpaired) electrons. The first-order chi connectivity index (χ1) is 8.34. The SMILES string of the molecule is CN1CCC2(C)SC1C(C)(C)c1ccc(O)cc12. The third-order valence-corrected chi connectivity index (χ3v) is 6.71. The standard InChI is InChI=1S/C15H21NOS/c1-14(2)11-6-5-10(17)9-12(11)15(3)7-8-16(4)13(14)18-15/h5-6,9,13,17H,7-8H2,1-4H3. The number of thioether (sulfide) groups is 1. The van der Waals surface area contributed by atoms with Gasteiger partial charge in [0.05, 0.1) is 5.37 Å². The number of hydrogen-bond acceptors (Lipinski definition) is 3. The first-order valence-corrected chi connectivity index (χ1v) is 7.44. The lowest BCUT2D eigenvalue weighted by Gasteiger charge is -2.55. The van der Waals surface area contributed by atoms with Crippen LogP contribution in [0.1, 0.15) is 38.3 Å². The van der Waals surface area contributed by atoms with Gasteiger partial charge >= 0.3 is 0 Å². The van der Waals surface area contributed by atoms with Crippen molar-refractivity contribution in [2.24, 2.45) is 0 Å². The summed E-state index contributed by atoms with van der Waals surface area (Å²) in [4.78, 5) is 2.47. The summed E-state index contributed by atoms with van der Waals surface area (Å²) >= 11 is 2.06. The fourth-order valence-corrected chi connectivity index (χ4v) is 5.17. The maximum Gasteiger partial charge on any atom is 0.115 e. The van der Waals surface area contributed by atoms with E-state index in [9.17, 15) is 5.11 Å². The first kappa shape index (κ1) is 12.4. The zero-order valence-electron chi connectivity index (χ0n) is 11.5. The molecule has 1 N–H and O–H groups in total. The van der Waals surface area contributed by atoms with Gasteiger partial charge in [-0.25, -0.2) is 0 Å². The lowest BCUT2D eigenvalue weighted by molar-refractivity contribution is 0.197. The van der Waals surface area contributed by atoms with Crippen molar-refractivity contribution in [1.82, 2.24) is 4.90 Å². The number of fused-ring (bicyclic) bond motifs is 4. The van der Waals surface area contributed by atoms with Crippen LogP contribution in [0.3, 0.4) is 0 Å². The lowest BCUT2D eigenvalue weighted by atomic mass is 9.75. The van der Waals surface area contributed by atoms with Gasteiger partial charge in [-0.3, -0.25) is 4.90 Å². The molecule has 2 aliphatic heterocycles. The second-order valence-electron chi connectivity index (χ2n) is 6.38. The maximum absolute atomic E-state index is 9.80. The van der Waals surface area contributed by atoms with Crippen LogP contribution in [0, 0.1) is 0 Å². The van der Waals surface area contributed by atoms with Gasteiger partial charge in [-0.2, -0.15) is 0 Å². The van der Waals surface area contributed by atoms with Crippen molar-refractivity contribution in [3.8, 4) is 5.75 Å².